The molecule has 0 spiro atoms. The monoisotopic (exact) mass is 362 g/mol. The topological polar surface area (TPSA) is 55.4 Å². The minimum Gasteiger partial charge on any atom is -0.385 e. The van der Waals surface area contributed by atoms with Crippen molar-refractivity contribution in [3.8, 4) is 0 Å². The standard InChI is InChI=1S/C4H10O2.2C4H10O.C3H8O2.3CH4/c1-5-3-4-6-2;1-3-4-5-2;1-3-5-4-2;1-4-3-5-2;;;/h3-4H2,1-2H3;2*3-4H2,1-2H3;3H2,1-2H3;3*1H4. The number of methoxy groups -OCH3 is 5. The van der Waals surface area contributed by atoms with Gasteiger partial charge in [-0.25, -0.2) is 0 Å². The van der Waals surface area contributed by atoms with Crippen LogP contribution in [0.2, 0.25) is 0 Å². The van der Waals surface area contributed by atoms with E-state index in [1.807, 2.05) is 13.8 Å². The molecule has 0 aliphatic rings. The van der Waals surface area contributed by atoms with E-state index < -0.39 is 0 Å². The van der Waals surface area contributed by atoms with E-state index in [9.17, 15) is 0 Å². The average Bonchev–Trinajstić information content (AvgIpc) is 2.49. The highest BCUT2D eigenvalue weighted by Crippen LogP contribution is 1.70. The molecule has 0 heterocycles. The van der Waals surface area contributed by atoms with Gasteiger partial charge in [0.15, 0.2) is 0 Å². The highest BCUT2D eigenvalue weighted by molar-refractivity contribution is 4.18. The quantitative estimate of drug-likeness (QED) is 0.444. The maximum Gasteiger partial charge on any atom is 0.145 e. The number of ether oxygens (including phenoxy) is 6. The second kappa shape index (κ2) is 66.2. The molecule has 0 N–H and O–H groups in total. The molecule has 0 fully saturated rings. The summed E-state index contributed by atoms with van der Waals surface area (Å²) in [6.45, 7) is 10.4. The Morgan fingerprint density at radius 3 is 0.875 bits per heavy atom. The molecular formula is C18H50O6. The average molecular weight is 363 g/mol. The Morgan fingerprint density at radius 1 is 0.500 bits per heavy atom. The number of rotatable bonds is 9. The zero-order valence-corrected chi connectivity index (χ0v) is 15.4. The van der Waals surface area contributed by atoms with E-state index in [4.69, 9.17) is 9.47 Å². The molecule has 6 heteroatoms. The second-order valence-electron chi connectivity index (χ2n) is 3.46. The van der Waals surface area contributed by atoms with E-state index >= 15 is 0 Å². The van der Waals surface area contributed by atoms with Gasteiger partial charge in [-0.1, -0.05) is 29.2 Å². The van der Waals surface area contributed by atoms with Gasteiger partial charge in [-0.15, -0.1) is 0 Å². The van der Waals surface area contributed by atoms with E-state index in [1.54, 1.807) is 35.5 Å². The van der Waals surface area contributed by atoms with Gasteiger partial charge in [0.2, 0.25) is 0 Å². The molecule has 0 aromatic rings. The van der Waals surface area contributed by atoms with Gasteiger partial charge in [0, 0.05) is 55.4 Å². The lowest BCUT2D eigenvalue weighted by molar-refractivity contribution is -0.00272. The van der Waals surface area contributed by atoms with Crippen LogP contribution in [0.25, 0.3) is 0 Å². The van der Waals surface area contributed by atoms with E-state index in [0.29, 0.717) is 20.0 Å². The maximum atomic E-state index is 4.83. The van der Waals surface area contributed by atoms with Crippen molar-refractivity contribution in [2.45, 2.75) is 49.5 Å². The fourth-order valence-corrected chi connectivity index (χ4v) is 0.693. The van der Waals surface area contributed by atoms with Crippen LogP contribution in [-0.4, -0.2) is 75.4 Å². The Kier molecular flexibility index (Phi) is 121. The van der Waals surface area contributed by atoms with Crippen molar-refractivity contribution in [1.29, 1.82) is 0 Å². The summed E-state index contributed by atoms with van der Waals surface area (Å²) < 4.78 is 27.8. The molecule has 0 aromatic carbocycles. The van der Waals surface area contributed by atoms with Gasteiger partial charge in [0.1, 0.15) is 6.79 Å². The third kappa shape index (κ3) is 122. The third-order valence-corrected chi connectivity index (χ3v) is 1.54. The van der Waals surface area contributed by atoms with Gasteiger partial charge in [-0.3, -0.25) is 0 Å². The van der Waals surface area contributed by atoms with Crippen molar-refractivity contribution in [2.24, 2.45) is 0 Å². The van der Waals surface area contributed by atoms with Crippen molar-refractivity contribution >= 4 is 0 Å². The Morgan fingerprint density at radius 2 is 0.833 bits per heavy atom. The highest BCUT2D eigenvalue weighted by Gasteiger charge is 1.73. The van der Waals surface area contributed by atoms with Gasteiger partial charge in [-0.2, -0.15) is 0 Å². The normalized spacial score (nSPS) is 7.50. The van der Waals surface area contributed by atoms with E-state index in [2.05, 4.69) is 25.9 Å². The van der Waals surface area contributed by atoms with Crippen LogP contribution in [0, 0.1) is 0 Å². The molecule has 0 aromatic heterocycles. The Hall–Kier alpha value is -0.240. The first-order valence-corrected chi connectivity index (χ1v) is 7.18. The molecule has 0 amide bonds. The third-order valence-electron chi connectivity index (χ3n) is 1.54. The summed E-state index contributed by atoms with van der Waals surface area (Å²) >= 11 is 0. The van der Waals surface area contributed by atoms with Gasteiger partial charge >= 0.3 is 0 Å². The van der Waals surface area contributed by atoms with Crippen molar-refractivity contribution in [2.75, 3.05) is 75.4 Å². The first kappa shape index (κ1) is 43.8. The van der Waals surface area contributed by atoms with E-state index in [-0.39, 0.29) is 22.3 Å². The molecule has 0 unspecified atom stereocenters. The van der Waals surface area contributed by atoms with Crippen molar-refractivity contribution in [1.82, 2.24) is 0 Å². The smallest absolute Gasteiger partial charge is 0.145 e. The van der Waals surface area contributed by atoms with Crippen molar-refractivity contribution in [3.63, 3.8) is 0 Å². The van der Waals surface area contributed by atoms with Crippen LogP contribution in [0.3, 0.4) is 0 Å². The van der Waals surface area contributed by atoms with Crippen LogP contribution in [0.15, 0.2) is 0 Å². The summed E-state index contributed by atoms with van der Waals surface area (Å²) in [6, 6.07) is 0. The number of hydrogen-bond acceptors (Lipinski definition) is 6. The molecule has 0 atom stereocenters. The molecule has 0 rings (SSSR count). The van der Waals surface area contributed by atoms with Gasteiger partial charge in [0.25, 0.3) is 0 Å². The van der Waals surface area contributed by atoms with Gasteiger partial charge in [0.05, 0.1) is 13.2 Å². The molecular weight excluding hydrogens is 312 g/mol. The summed E-state index contributed by atoms with van der Waals surface area (Å²) in [5.41, 5.74) is 0. The van der Waals surface area contributed by atoms with Crippen LogP contribution in [0.4, 0.5) is 0 Å². The molecule has 0 bridgehead atoms. The first-order chi connectivity index (χ1) is 10.2. The van der Waals surface area contributed by atoms with Crippen molar-refractivity contribution in [3.05, 3.63) is 0 Å². The first-order valence-electron chi connectivity index (χ1n) is 7.18. The molecule has 0 saturated heterocycles. The zero-order chi connectivity index (χ0) is 17.2. The molecule has 6 nitrogen and oxygen atoms in total. The highest BCUT2D eigenvalue weighted by atomic mass is 16.6. The summed E-state index contributed by atoms with van der Waals surface area (Å²) in [6.07, 6.45) is 1.12. The largest absolute Gasteiger partial charge is 0.385 e. The lowest BCUT2D eigenvalue weighted by Crippen LogP contribution is -1.96. The Balaban J connectivity index is -0.0000000309. The lowest BCUT2D eigenvalue weighted by Gasteiger charge is -1.91. The molecule has 0 aliphatic heterocycles. The molecule has 0 aliphatic carbocycles. The fourth-order valence-electron chi connectivity index (χ4n) is 0.693. The van der Waals surface area contributed by atoms with Crippen LogP contribution >= 0.6 is 0 Å². The minimum absolute atomic E-state index is 0. The predicted octanol–water partition coefficient (Wildman–Crippen LogP) is 4.51. The van der Waals surface area contributed by atoms with E-state index in [1.165, 1.54) is 0 Å². The van der Waals surface area contributed by atoms with Crippen LogP contribution < -0.4 is 0 Å². The summed E-state index contributed by atoms with van der Waals surface area (Å²) in [5, 5.41) is 0. The Labute approximate surface area is 154 Å². The molecule has 158 valence electrons. The van der Waals surface area contributed by atoms with E-state index in [0.717, 1.165) is 26.2 Å². The maximum absolute atomic E-state index is 4.83. The molecule has 0 saturated carbocycles. The zero-order valence-electron chi connectivity index (χ0n) is 15.4. The second-order valence-corrected chi connectivity index (χ2v) is 3.46. The summed E-state index contributed by atoms with van der Waals surface area (Å²) in [7, 11) is 8.19. The van der Waals surface area contributed by atoms with Crippen LogP contribution in [0.1, 0.15) is 49.5 Å². The van der Waals surface area contributed by atoms with Gasteiger partial charge in [-0.05, 0) is 20.3 Å². The molecule has 0 radical (unpaired) electrons. The predicted molar refractivity (Wildman–Crippen MR) is 107 cm³/mol. The molecule has 24 heavy (non-hydrogen) atoms. The summed E-state index contributed by atoms with van der Waals surface area (Å²) in [5.74, 6) is 0. The Bertz CT molecular complexity index is 91.4. The number of hydrogen-bond donors (Lipinski definition) is 0. The van der Waals surface area contributed by atoms with Crippen LogP contribution in [-0.2, 0) is 28.4 Å². The van der Waals surface area contributed by atoms with Crippen LogP contribution in [0.5, 0.6) is 0 Å². The fraction of sp³-hybridized carbons (Fsp3) is 1.00. The minimum atomic E-state index is 0. The lowest BCUT2D eigenvalue weighted by atomic mass is 10.5. The van der Waals surface area contributed by atoms with Crippen molar-refractivity contribution < 1.29 is 28.4 Å². The van der Waals surface area contributed by atoms with Gasteiger partial charge < -0.3 is 28.4 Å². The SMILES string of the molecule is C.C.C.CCCOC.CCOCC.COCCOC.COCOC. The summed E-state index contributed by atoms with van der Waals surface area (Å²) in [4.78, 5) is 0.